The highest BCUT2D eigenvalue weighted by atomic mass is 32.1. The first kappa shape index (κ1) is 11.4. The minimum absolute atomic E-state index is 0.120. The first-order valence-corrected chi connectivity index (χ1v) is 5.54. The van der Waals surface area contributed by atoms with E-state index >= 15 is 0 Å². The summed E-state index contributed by atoms with van der Waals surface area (Å²) in [7, 11) is 0. The number of benzene rings is 1. The number of rotatable bonds is 1. The van der Waals surface area contributed by atoms with Gasteiger partial charge in [-0.15, -0.1) is 11.3 Å². The van der Waals surface area contributed by atoms with E-state index in [4.69, 9.17) is 0 Å². The van der Waals surface area contributed by atoms with Crippen molar-refractivity contribution in [2.24, 2.45) is 0 Å². The highest BCUT2D eigenvalue weighted by Gasteiger charge is 2.33. The first-order chi connectivity index (χ1) is 7.41. The Kier molecular flexibility index (Phi) is 2.67. The van der Waals surface area contributed by atoms with E-state index in [9.17, 15) is 18.3 Å². The topological polar surface area (TPSA) is 20.2 Å². The zero-order valence-corrected chi connectivity index (χ0v) is 9.19. The number of aliphatic hydroxyl groups is 1. The number of alkyl halides is 3. The molecule has 0 saturated heterocycles. The van der Waals surface area contributed by atoms with Crippen molar-refractivity contribution < 1.29 is 18.3 Å². The lowest BCUT2D eigenvalue weighted by molar-refractivity contribution is -0.136. The third-order valence-electron chi connectivity index (χ3n) is 2.38. The Labute approximate surface area is 94.1 Å². The molecule has 0 amide bonds. The van der Waals surface area contributed by atoms with Crippen molar-refractivity contribution in [3.63, 3.8) is 0 Å². The molecule has 16 heavy (non-hydrogen) atoms. The molecule has 5 heteroatoms. The van der Waals surface area contributed by atoms with Gasteiger partial charge in [-0.1, -0.05) is 6.07 Å². The number of fused-ring (bicyclic) bond motifs is 1. The van der Waals surface area contributed by atoms with Gasteiger partial charge in [0.1, 0.15) is 0 Å². The molecule has 1 nitrogen and oxygen atoms in total. The van der Waals surface area contributed by atoms with Crippen LogP contribution < -0.4 is 0 Å². The molecule has 2 rings (SSSR count). The molecule has 1 aromatic carbocycles. The first-order valence-electron chi connectivity index (χ1n) is 4.66. The second kappa shape index (κ2) is 3.75. The third kappa shape index (κ3) is 1.81. The van der Waals surface area contributed by atoms with Gasteiger partial charge in [0.25, 0.3) is 0 Å². The molecule has 1 aromatic heterocycles. The van der Waals surface area contributed by atoms with Crippen molar-refractivity contribution in [1.29, 1.82) is 0 Å². The molecule has 0 fully saturated rings. The van der Waals surface area contributed by atoms with E-state index in [2.05, 4.69) is 0 Å². The van der Waals surface area contributed by atoms with E-state index in [1.807, 2.05) is 0 Å². The fraction of sp³-hybridized carbons (Fsp3) is 0.273. The van der Waals surface area contributed by atoms with Gasteiger partial charge in [0.15, 0.2) is 0 Å². The van der Waals surface area contributed by atoms with Gasteiger partial charge in [0, 0.05) is 10.1 Å². The number of halogens is 3. The van der Waals surface area contributed by atoms with Gasteiger partial charge in [-0.2, -0.15) is 13.2 Å². The maximum absolute atomic E-state index is 12.8. The number of thiophene rings is 1. The minimum Gasteiger partial charge on any atom is -0.389 e. The third-order valence-corrected chi connectivity index (χ3v) is 3.35. The monoisotopic (exact) mass is 246 g/mol. The Balaban J connectivity index is 2.79. The van der Waals surface area contributed by atoms with Crippen LogP contribution in [0.2, 0.25) is 0 Å². The van der Waals surface area contributed by atoms with Crippen LogP contribution in [0, 0.1) is 0 Å². The Morgan fingerprint density at radius 2 is 2.00 bits per heavy atom. The molecule has 1 atom stereocenters. The van der Waals surface area contributed by atoms with E-state index in [-0.39, 0.29) is 5.39 Å². The molecule has 1 N–H and O–H groups in total. The maximum atomic E-state index is 12.8. The van der Waals surface area contributed by atoms with E-state index in [0.29, 0.717) is 10.3 Å². The molecule has 0 saturated carbocycles. The van der Waals surface area contributed by atoms with Gasteiger partial charge in [-0.25, -0.2) is 0 Å². The van der Waals surface area contributed by atoms with Gasteiger partial charge in [0.2, 0.25) is 0 Å². The van der Waals surface area contributed by atoms with Crippen molar-refractivity contribution in [1.82, 2.24) is 0 Å². The zero-order valence-electron chi connectivity index (χ0n) is 8.38. The molecule has 0 aliphatic heterocycles. The van der Waals surface area contributed by atoms with Crippen LogP contribution >= 0.6 is 11.3 Å². The molecule has 0 radical (unpaired) electrons. The normalized spacial score (nSPS) is 14.3. The summed E-state index contributed by atoms with van der Waals surface area (Å²) in [6.45, 7) is 1.47. The summed E-state index contributed by atoms with van der Waals surface area (Å²) in [4.78, 5) is 0. The van der Waals surface area contributed by atoms with Crippen LogP contribution in [0.1, 0.15) is 24.2 Å². The second-order valence-electron chi connectivity index (χ2n) is 3.54. The summed E-state index contributed by atoms with van der Waals surface area (Å²) in [5, 5.41) is 11.1. The molecular formula is C11H9F3OS. The molecule has 0 bridgehead atoms. The Morgan fingerprint density at radius 1 is 1.31 bits per heavy atom. The Bertz CT molecular complexity index is 513. The largest absolute Gasteiger partial charge is 0.417 e. The van der Waals surface area contributed by atoms with Crippen molar-refractivity contribution in [3.8, 4) is 0 Å². The SMILES string of the molecule is CC(O)c1csc2cccc(C(F)(F)F)c12. The highest BCUT2D eigenvalue weighted by Crippen LogP contribution is 2.40. The van der Waals surface area contributed by atoms with E-state index in [1.165, 1.54) is 24.3 Å². The van der Waals surface area contributed by atoms with Crippen LogP contribution in [0.4, 0.5) is 13.2 Å². The fourth-order valence-corrected chi connectivity index (χ4v) is 2.73. The summed E-state index contributed by atoms with van der Waals surface area (Å²) in [5.41, 5.74) is -0.338. The molecule has 2 aromatic rings. The average Bonchev–Trinajstić information content (AvgIpc) is 2.58. The smallest absolute Gasteiger partial charge is 0.389 e. The van der Waals surface area contributed by atoms with E-state index < -0.39 is 17.8 Å². The number of hydrogen-bond donors (Lipinski definition) is 1. The van der Waals surface area contributed by atoms with Crippen LogP contribution in [0.5, 0.6) is 0 Å². The van der Waals surface area contributed by atoms with Crippen LogP contribution in [0.25, 0.3) is 10.1 Å². The average molecular weight is 246 g/mol. The molecule has 1 heterocycles. The molecule has 86 valence electrons. The van der Waals surface area contributed by atoms with Crippen LogP contribution in [-0.2, 0) is 6.18 Å². The highest BCUT2D eigenvalue weighted by molar-refractivity contribution is 7.17. The molecular weight excluding hydrogens is 237 g/mol. The van der Waals surface area contributed by atoms with Gasteiger partial charge in [-0.3, -0.25) is 0 Å². The molecule has 0 aliphatic rings. The van der Waals surface area contributed by atoms with Gasteiger partial charge in [-0.05, 0) is 30.0 Å². The van der Waals surface area contributed by atoms with Crippen molar-refractivity contribution in [2.45, 2.75) is 19.2 Å². The summed E-state index contributed by atoms with van der Waals surface area (Å²) in [5.74, 6) is 0. The minimum atomic E-state index is -4.38. The predicted octanol–water partition coefficient (Wildman–Crippen LogP) is 3.97. The number of aliphatic hydroxyl groups excluding tert-OH is 1. The second-order valence-corrected chi connectivity index (χ2v) is 4.45. The van der Waals surface area contributed by atoms with Crippen LogP contribution in [-0.4, -0.2) is 5.11 Å². The quantitative estimate of drug-likeness (QED) is 0.807. The summed E-state index contributed by atoms with van der Waals surface area (Å²) >= 11 is 1.21. The van der Waals surface area contributed by atoms with Gasteiger partial charge >= 0.3 is 6.18 Å². The van der Waals surface area contributed by atoms with Crippen LogP contribution in [0.3, 0.4) is 0 Å². The van der Waals surface area contributed by atoms with Crippen molar-refractivity contribution in [2.75, 3.05) is 0 Å². The molecule has 1 unspecified atom stereocenters. The van der Waals surface area contributed by atoms with Crippen molar-refractivity contribution in [3.05, 3.63) is 34.7 Å². The lowest BCUT2D eigenvalue weighted by atomic mass is 10.0. The van der Waals surface area contributed by atoms with Gasteiger partial charge in [0.05, 0.1) is 11.7 Å². The van der Waals surface area contributed by atoms with Gasteiger partial charge < -0.3 is 5.11 Å². The predicted molar refractivity (Wildman–Crippen MR) is 57.5 cm³/mol. The fourth-order valence-electron chi connectivity index (χ4n) is 1.66. The lowest BCUT2D eigenvalue weighted by Gasteiger charge is -2.10. The maximum Gasteiger partial charge on any atom is 0.417 e. The Hall–Kier alpha value is -1.07. The van der Waals surface area contributed by atoms with Crippen LogP contribution in [0.15, 0.2) is 23.6 Å². The Morgan fingerprint density at radius 3 is 2.56 bits per heavy atom. The van der Waals surface area contributed by atoms with Crippen molar-refractivity contribution >= 4 is 21.4 Å². The summed E-state index contributed by atoms with van der Waals surface area (Å²) < 4.78 is 38.8. The van der Waals surface area contributed by atoms with E-state index in [1.54, 1.807) is 11.4 Å². The van der Waals surface area contributed by atoms with E-state index in [0.717, 1.165) is 6.07 Å². The molecule has 0 spiro atoms. The molecule has 0 aliphatic carbocycles. The summed E-state index contributed by atoms with van der Waals surface area (Å²) in [6, 6.07) is 4.05. The summed E-state index contributed by atoms with van der Waals surface area (Å²) in [6.07, 6.45) is -5.28. The standard InChI is InChI=1S/C11H9F3OS/c1-6(15)7-5-16-9-4-2-3-8(10(7)9)11(12,13)14/h2-6,15H,1H3. The number of hydrogen-bond acceptors (Lipinski definition) is 2. The lowest BCUT2D eigenvalue weighted by Crippen LogP contribution is -2.06. The zero-order chi connectivity index (χ0) is 11.9.